The van der Waals surface area contributed by atoms with Crippen LogP contribution in [0.15, 0.2) is 22.5 Å². The zero-order valence-corrected chi connectivity index (χ0v) is 13.0. The van der Waals surface area contributed by atoms with Crippen molar-refractivity contribution < 1.29 is 13.7 Å². The van der Waals surface area contributed by atoms with Crippen LogP contribution in [0.1, 0.15) is 58.5 Å². The molecule has 2 heterocycles. The minimum absolute atomic E-state index is 0.292. The maximum Gasteiger partial charge on any atom is 0.487 e. The largest absolute Gasteiger partial charge is 0.487 e. The van der Waals surface area contributed by atoms with Crippen LogP contribution < -0.4 is 0 Å². The van der Waals surface area contributed by atoms with E-state index < -0.39 is 0 Å². The lowest BCUT2D eigenvalue weighted by atomic mass is 9.90. The van der Waals surface area contributed by atoms with Crippen LogP contribution in [0.25, 0.3) is 6.08 Å². The van der Waals surface area contributed by atoms with E-state index >= 15 is 0 Å². The van der Waals surface area contributed by atoms with Gasteiger partial charge in [-0.15, -0.1) is 0 Å². The van der Waals surface area contributed by atoms with E-state index in [4.69, 9.17) is 13.7 Å². The lowest BCUT2D eigenvalue weighted by molar-refractivity contribution is 0.00578. The molecule has 3 nitrogen and oxygen atoms in total. The lowest BCUT2D eigenvalue weighted by Crippen LogP contribution is -2.41. The average molecular weight is 274 g/mol. The van der Waals surface area contributed by atoms with Gasteiger partial charge in [0.05, 0.1) is 11.2 Å². The van der Waals surface area contributed by atoms with E-state index in [2.05, 4.69) is 40.7 Å². The van der Waals surface area contributed by atoms with Crippen molar-refractivity contribution in [1.29, 1.82) is 0 Å². The summed E-state index contributed by atoms with van der Waals surface area (Å²) < 4.78 is 17.7. The number of furan rings is 1. The van der Waals surface area contributed by atoms with Gasteiger partial charge in [0.25, 0.3) is 0 Å². The second-order valence-corrected chi connectivity index (χ2v) is 7.04. The molecule has 1 aliphatic heterocycles. The Morgan fingerprint density at radius 2 is 1.75 bits per heavy atom. The summed E-state index contributed by atoms with van der Waals surface area (Å²) in [7, 11) is -0.312. The lowest BCUT2D eigenvalue weighted by Gasteiger charge is -2.32. The van der Waals surface area contributed by atoms with Crippen molar-refractivity contribution in [3.05, 3.63) is 29.6 Å². The first-order valence-corrected chi connectivity index (χ1v) is 7.42. The third-order valence-corrected chi connectivity index (χ3v) is 4.81. The fourth-order valence-corrected chi connectivity index (χ4v) is 2.52. The Labute approximate surface area is 121 Å². The number of hydrogen-bond donors (Lipinski definition) is 0. The molecule has 108 valence electrons. The smallest absolute Gasteiger partial charge is 0.461 e. The van der Waals surface area contributed by atoms with E-state index in [1.165, 1.54) is 6.42 Å². The molecular weight excluding hydrogens is 251 g/mol. The molecule has 2 fully saturated rings. The van der Waals surface area contributed by atoms with Gasteiger partial charge >= 0.3 is 7.12 Å². The van der Waals surface area contributed by atoms with Crippen LogP contribution in [0.3, 0.4) is 0 Å². The second-order valence-electron chi connectivity index (χ2n) is 7.04. The molecule has 0 N–H and O–H groups in total. The molecule has 2 unspecified atom stereocenters. The van der Waals surface area contributed by atoms with Crippen LogP contribution in [-0.4, -0.2) is 18.3 Å². The highest BCUT2D eigenvalue weighted by molar-refractivity contribution is 6.52. The summed E-state index contributed by atoms with van der Waals surface area (Å²) >= 11 is 0. The first-order valence-electron chi connectivity index (χ1n) is 7.42. The van der Waals surface area contributed by atoms with Gasteiger partial charge in [-0.25, -0.2) is 0 Å². The van der Waals surface area contributed by atoms with E-state index in [1.807, 2.05) is 18.1 Å². The minimum Gasteiger partial charge on any atom is -0.461 e. The highest BCUT2D eigenvalue weighted by Gasteiger charge is 2.50. The zero-order valence-electron chi connectivity index (χ0n) is 13.0. The van der Waals surface area contributed by atoms with Crippen molar-refractivity contribution in [3.63, 3.8) is 0 Å². The van der Waals surface area contributed by atoms with Crippen molar-refractivity contribution >= 4 is 13.2 Å². The normalized spacial score (nSPS) is 31.1. The minimum atomic E-state index is -0.312. The van der Waals surface area contributed by atoms with Crippen molar-refractivity contribution in [2.75, 3.05) is 0 Å². The Kier molecular flexibility index (Phi) is 3.14. The van der Waals surface area contributed by atoms with Gasteiger partial charge in [-0.1, -0.05) is 12.9 Å². The molecule has 2 atom stereocenters. The molecule has 1 aromatic heterocycles. The van der Waals surface area contributed by atoms with Gasteiger partial charge in [0.2, 0.25) is 0 Å². The molecule has 3 rings (SSSR count). The molecule has 0 amide bonds. The second kappa shape index (κ2) is 4.50. The Balaban J connectivity index is 1.65. The molecule has 2 aliphatic rings. The van der Waals surface area contributed by atoms with Gasteiger partial charge in [-0.3, -0.25) is 0 Å². The van der Waals surface area contributed by atoms with Gasteiger partial charge in [0.1, 0.15) is 11.5 Å². The predicted octanol–water partition coefficient (Wildman–Crippen LogP) is 4.05. The average Bonchev–Trinajstić information content (AvgIpc) is 2.82. The molecule has 1 saturated carbocycles. The van der Waals surface area contributed by atoms with Crippen molar-refractivity contribution in [1.82, 2.24) is 0 Å². The highest BCUT2D eigenvalue weighted by Crippen LogP contribution is 2.47. The molecule has 4 heteroatoms. The molecule has 0 radical (unpaired) electrons. The quantitative estimate of drug-likeness (QED) is 0.779. The first-order chi connectivity index (χ1) is 9.28. The zero-order chi connectivity index (χ0) is 14.5. The molecule has 1 aliphatic carbocycles. The van der Waals surface area contributed by atoms with Crippen LogP contribution >= 0.6 is 0 Å². The monoisotopic (exact) mass is 274 g/mol. The van der Waals surface area contributed by atoms with Crippen LogP contribution in [-0.2, 0) is 9.31 Å². The maximum atomic E-state index is 5.92. The Morgan fingerprint density at radius 3 is 2.30 bits per heavy atom. The van der Waals surface area contributed by atoms with Crippen molar-refractivity contribution in [2.45, 2.75) is 58.2 Å². The van der Waals surface area contributed by atoms with Gasteiger partial charge in [-0.05, 0) is 58.2 Å². The van der Waals surface area contributed by atoms with Gasteiger partial charge in [0.15, 0.2) is 0 Å². The Morgan fingerprint density at radius 1 is 1.15 bits per heavy atom. The molecule has 1 saturated heterocycles. The van der Waals surface area contributed by atoms with E-state index in [0.717, 1.165) is 17.4 Å². The summed E-state index contributed by atoms with van der Waals surface area (Å²) in [6.45, 7) is 10.5. The molecule has 1 aromatic rings. The van der Waals surface area contributed by atoms with E-state index in [0.29, 0.717) is 5.92 Å². The molecule has 20 heavy (non-hydrogen) atoms. The first kappa shape index (κ1) is 14.0. The highest BCUT2D eigenvalue weighted by atomic mass is 16.7. The summed E-state index contributed by atoms with van der Waals surface area (Å²) in [6, 6.07) is 4.10. The standard InChI is InChI=1S/C16H23BO3/c1-11-10-13(11)14-7-6-12(18-14)8-9-17-19-15(2,3)16(4,5)20-17/h6-9,11,13H,10H2,1-5H3/b9-8+. The predicted molar refractivity (Wildman–Crippen MR) is 80.3 cm³/mol. The van der Waals surface area contributed by atoms with Crippen LogP contribution in [0.4, 0.5) is 0 Å². The van der Waals surface area contributed by atoms with E-state index in [-0.39, 0.29) is 18.3 Å². The van der Waals surface area contributed by atoms with Crippen molar-refractivity contribution in [3.8, 4) is 0 Å². The van der Waals surface area contributed by atoms with Crippen LogP contribution in [0.5, 0.6) is 0 Å². The Hall–Kier alpha value is -0.995. The van der Waals surface area contributed by atoms with E-state index in [1.54, 1.807) is 0 Å². The molecule has 0 aromatic carbocycles. The molecular formula is C16H23BO3. The summed E-state index contributed by atoms with van der Waals surface area (Å²) in [6.07, 6.45) is 3.19. The fourth-order valence-electron chi connectivity index (χ4n) is 2.52. The summed E-state index contributed by atoms with van der Waals surface area (Å²) in [5.74, 6) is 5.28. The van der Waals surface area contributed by atoms with Crippen molar-refractivity contribution in [2.24, 2.45) is 5.92 Å². The molecule has 0 bridgehead atoms. The number of rotatable bonds is 3. The topological polar surface area (TPSA) is 31.6 Å². The summed E-state index contributed by atoms with van der Waals surface area (Å²) in [5, 5.41) is 0. The maximum absolute atomic E-state index is 5.92. The summed E-state index contributed by atoms with van der Waals surface area (Å²) in [4.78, 5) is 0. The Bertz CT molecular complexity index is 514. The third-order valence-electron chi connectivity index (χ3n) is 4.81. The van der Waals surface area contributed by atoms with Gasteiger partial charge in [-0.2, -0.15) is 0 Å². The SMILES string of the molecule is CC1CC1c1ccc(/C=C/B2OC(C)(C)C(C)(C)O2)o1. The fraction of sp³-hybridized carbons (Fsp3) is 0.625. The van der Waals surface area contributed by atoms with Crippen LogP contribution in [0, 0.1) is 5.92 Å². The van der Waals surface area contributed by atoms with Gasteiger partial charge in [0, 0.05) is 5.92 Å². The number of hydrogen-bond acceptors (Lipinski definition) is 3. The van der Waals surface area contributed by atoms with Crippen LogP contribution in [0.2, 0.25) is 0 Å². The summed E-state index contributed by atoms with van der Waals surface area (Å²) in [5.41, 5.74) is -0.584. The molecule has 0 spiro atoms. The third kappa shape index (κ3) is 2.47. The van der Waals surface area contributed by atoms with Gasteiger partial charge < -0.3 is 13.7 Å². The van der Waals surface area contributed by atoms with E-state index in [9.17, 15) is 0 Å².